The third-order valence-corrected chi connectivity index (χ3v) is 2.28. The van der Waals surface area contributed by atoms with Crippen LogP contribution in [0.5, 0.6) is 0 Å². The van der Waals surface area contributed by atoms with Crippen molar-refractivity contribution in [3.8, 4) is 0 Å². The van der Waals surface area contributed by atoms with Crippen LogP contribution in [0.1, 0.15) is 13.8 Å². The van der Waals surface area contributed by atoms with Gasteiger partial charge in [0.15, 0.2) is 0 Å². The molecule has 1 heterocycles. The first-order valence-corrected chi connectivity index (χ1v) is 4.00. The summed E-state index contributed by atoms with van der Waals surface area (Å²) in [7, 11) is 4.07. The van der Waals surface area contributed by atoms with E-state index in [0.29, 0.717) is 6.04 Å². The Kier molecular flexibility index (Phi) is 2.38. The summed E-state index contributed by atoms with van der Waals surface area (Å²) in [5, 5.41) is 3.21. The zero-order valence-electron chi connectivity index (χ0n) is 7.73. The Balaban J connectivity index is 2.71. The molecule has 1 atom stereocenters. The van der Waals surface area contributed by atoms with E-state index in [1.165, 1.54) is 11.3 Å². The third kappa shape index (κ3) is 1.65. The van der Waals surface area contributed by atoms with Crippen molar-refractivity contribution in [3.63, 3.8) is 0 Å². The molecule has 1 N–H and O–H groups in total. The molecule has 0 saturated heterocycles. The highest BCUT2D eigenvalue weighted by Gasteiger charge is 2.14. The van der Waals surface area contributed by atoms with Crippen LogP contribution in [0.25, 0.3) is 0 Å². The van der Waals surface area contributed by atoms with E-state index >= 15 is 0 Å². The summed E-state index contributed by atoms with van der Waals surface area (Å²) in [6, 6.07) is 0.454. The Morgan fingerprint density at radius 2 is 2.27 bits per heavy atom. The molecule has 0 aromatic carbocycles. The first-order valence-electron chi connectivity index (χ1n) is 4.00. The van der Waals surface area contributed by atoms with E-state index in [4.69, 9.17) is 0 Å². The number of nitrogens with one attached hydrogen (secondary N) is 1. The third-order valence-electron chi connectivity index (χ3n) is 2.28. The van der Waals surface area contributed by atoms with Crippen molar-refractivity contribution in [2.45, 2.75) is 19.9 Å². The van der Waals surface area contributed by atoms with Crippen molar-refractivity contribution in [3.05, 3.63) is 17.0 Å². The van der Waals surface area contributed by atoms with Crippen LogP contribution in [0, 0.1) is 0 Å². The fraction of sp³-hybridized carbons (Fsp3) is 0.667. The van der Waals surface area contributed by atoms with E-state index in [-0.39, 0.29) is 0 Å². The molecular formula is C9H16N2. The van der Waals surface area contributed by atoms with Gasteiger partial charge in [-0.3, -0.25) is 0 Å². The Morgan fingerprint density at radius 3 is 2.64 bits per heavy atom. The van der Waals surface area contributed by atoms with Crippen LogP contribution in [0.4, 0.5) is 0 Å². The Labute approximate surface area is 68.6 Å². The van der Waals surface area contributed by atoms with Crippen molar-refractivity contribution in [2.75, 3.05) is 20.6 Å². The van der Waals surface area contributed by atoms with Crippen molar-refractivity contribution >= 4 is 0 Å². The molecule has 2 heteroatoms. The van der Waals surface area contributed by atoms with Crippen LogP contribution < -0.4 is 5.32 Å². The highest BCUT2D eigenvalue weighted by atomic mass is 15.1. The van der Waals surface area contributed by atoms with Gasteiger partial charge in [0.25, 0.3) is 0 Å². The second-order valence-corrected chi connectivity index (χ2v) is 3.10. The van der Waals surface area contributed by atoms with Gasteiger partial charge >= 0.3 is 0 Å². The van der Waals surface area contributed by atoms with Gasteiger partial charge in [-0.05, 0) is 20.9 Å². The molecule has 0 radical (unpaired) electrons. The molecule has 0 aromatic heterocycles. The molecule has 0 spiro atoms. The number of hydrogen-bond acceptors (Lipinski definition) is 2. The molecule has 62 valence electrons. The Morgan fingerprint density at radius 1 is 1.64 bits per heavy atom. The van der Waals surface area contributed by atoms with Gasteiger partial charge in [0, 0.05) is 25.2 Å². The molecule has 0 aromatic rings. The quantitative estimate of drug-likeness (QED) is 0.593. The maximum absolute atomic E-state index is 3.35. The van der Waals surface area contributed by atoms with Crippen LogP contribution in [-0.4, -0.2) is 31.6 Å². The molecule has 0 aliphatic carbocycles. The predicted molar refractivity (Wildman–Crippen MR) is 47.4 cm³/mol. The van der Waals surface area contributed by atoms with Crippen LogP contribution in [-0.2, 0) is 0 Å². The minimum atomic E-state index is 0.454. The topological polar surface area (TPSA) is 15.3 Å². The van der Waals surface area contributed by atoms with E-state index in [0.717, 1.165) is 6.54 Å². The highest BCUT2D eigenvalue weighted by molar-refractivity contribution is 5.20. The van der Waals surface area contributed by atoms with Gasteiger partial charge < -0.3 is 10.2 Å². The summed E-state index contributed by atoms with van der Waals surface area (Å²) in [4.78, 5) is 2.21. The SMILES string of the molecule is CNC(C)C1=C=C(C)N(C)C1. The summed E-state index contributed by atoms with van der Waals surface area (Å²) >= 11 is 0. The number of likely N-dealkylation sites (N-methyl/N-ethyl adjacent to an activating group) is 2. The molecule has 0 fully saturated rings. The number of nitrogens with zero attached hydrogens (tertiary/aromatic N) is 1. The standard InChI is InChI=1S/C9H16N2/c1-7-5-9(6-11(7)4)8(2)10-3/h8,10H,6H2,1-4H3. The second-order valence-electron chi connectivity index (χ2n) is 3.10. The van der Waals surface area contributed by atoms with Gasteiger partial charge in [0.2, 0.25) is 0 Å². The lowest BCUT2D eigenvalue weighted by molar-refractivity contribution is 0.459. The molecule has 1 rings (SSSR count). The van der Waals surface area contributed by atoms with E-state index in [2.05, 4.69) is 36.8 Å². The van der Waals surface area contributed by atoms with E-state index in [9.17, 15) is 0 Å². The maximum Gasteiger partial charge on any atom is 0.0533 e. The van der Waals surface area contributed by atoms with Gasteiger partial charge in [-0.2, -0.15) is 0 Å². The monoisotopic (exact) mass is 152 g/mol. The summed E-state index contributed by atoms with van der Waals surface area (Å²) in [6.07, 6.45) is 0. The first kappa shape index (κ1) is 8.38. The second kappa shape index (κ2) is 3.12. The summed E-state index contributed by atoms with van der Waals surface area (Å²) < 4.78 is 0. The van der Waals surface area contributed by atoms with Crippen LogP contribution >= 0.6 is 0 Å². The van der Waals surface area contributed by atoms with Gasteiger partial charge in [-0.1, -0.05) is 5.73 Å². The van der Waals surface area contributed by atoms with Gasteiger partial charge in [0.1, 0.15) is 0 Å². The number of hydrogen-bond donors (Lipinski definition) is 1. The van der Waals surface area contributed by atoms with Gasteiger partial charge in [-0.15, -0.1) is 0 Å². The normalized spacial score (nSPS) is 19.8. The first-order chi connectivity index (χ1) is 5.15. The van der Waals surface area contributed by atoms with Gasteiger partial charge in [-0.25, -0.2) is 0 Å². The van der Waals surface area contributed by atoms with Crippen molar-refractivity contribution < 1.29 is 0 Å². The molecule has 2 nitrogen and oxygen atoms in total. The smallest absolute Gasteiger partial charge is 0.0533 e. The van der Waals surface area contributed by atoms with Crippen LogP contribution in [0.3, 0.4) is 0 Å². The largest absolute Gasteiger partial charge is 0.367 e. The lowest BCUT2D eigenvalue weighted by Crippen LogP contribution is -2.27. The lowest BCUT2D eigenvalue weighted by atomic mass is 10.1. The summed E-state index contributed by atoms with van der Waals surface area (Å²) in [5.74, 6) is 0. The molecule has 1 aliphatic rings. The zero-order chi connectivity index (χ0) is 8.43. The fourth-order valence-corrected chi connectivity index (χ4v) is 1.16. The van der Waals surface area contributed by atoms with Crippen molar-refractivity contribution in [2.24, 2.45) is 0 Å². The number of rotatable bonds is 2. The van der Waals surface area contributed by atoms with Crippen molar-refractivity contribution in [1.82, 2.24) is 10.2 Å². The van der Waals surface area contributed by atoms with Crippen LogP contribution in [0.2, 0.25) is 0 Å². The van der Waals surface area contributed by atoms with Gasteiger partial charge in [0.05, 0.1) is 5.70 Å². The summed E-state index contributed by atoms with van der Waals surface area (Å²) in [5.41, 5.74) is 5.94. The molecule has 0 amide bonds. The molecule has 0 bridgehead atoms. The van der Waals surface area contributed by atoms with Crippen LogP contribution in [0.15, 0.2) is 17.0 Å². The highest BCUT2D eigenvalue weighted by Crippen LogP contribution is 2.13. The maximum atomic E-state index is 3.35. The molecule has 0 saturated carbocycles. The molecule has 11 heavy (non-hydrogen) atoms. The zero-order valence-corrected chi connectivity index (χ0v) is 7.73. The molecule has 1 aliphatic heterocycles. The minimum absolute atomic E-state index is 0.454. The van der Waals surface area contributed by atoms with E-state index in [1.54, 1.807) is 0 Å². The average molecular weight is 152 g/mol. The molecule has 1 unspecified atom stereocenters. The van der Waals surface area contributed by atoms with E-state index < -0.39 is 0 Å². The average Bonchev–Trinajstić information content (AvgIpc) is 2.31. The summed E-state index contributed by atoms with van der Waals surface area (Å²) in [6.45, 7) is 5.28. The Bertz CT molecular complexity index is 212. The minimum Gasteiger partial charge on any atom is -0.367 e. The fourth-order valence-electron chi connectivity index (χ4n) is 1.16. The Hall–Kier alpha value is -0.720. The lowest BCUT2D eigenvalue weighted by Gasteiger charge is -2.15. The molecular weight excluding hydrogens is 136 g/mol. The van der Waals surface area contributed by atoms with Crippen molar-refractivity contribution in [1.29, 1.82) is 0 Å². The van der Waals surface area contributed by atoms with E-state index in [1.807, 2.05) is 7.05 Å². The predicted octanol–water partition coefficient (Wildman–Crippen LogP) is 0.969.